The monoisotopic (exact) mass is 290 g/mol. The number of hydrogen-bond donors (Lipinski definition) is 1. The first-order valence-corrected chi connectivity index (χ1v) is 7.05. The van der Waals surface area contributed by atoms with E-state index in [0.717, 1.165) is 23.9 Å². The van der Waals surface area contributed by atoms with Gasteiger partial charge in [0.1, 0.15) is 11.3 Å². The predicted molar refractivity (Wildman–Crippen MR) is 82.4 cm³/mol. The van der Waals surface area contributed by atoms with Crippen molar-refractivity contribution in [2.24, 2.45) is 0 Å². The Balaban J connectivity index is 2.16. The number of fused-ring (bicyclic) bond motifs is 1. The van der Waals surface area contributed by atoms with E-state index in [0.29, 0.717) is 12.3 Å². The van der Waals surface area contributed by atoms with Gasteiger partial charge in [-0.05, 0) is 46.2 Å². The summed E-state index contributed by atoms with van der Waals surface area (Å²) in [4.78, 5) is 15.5. The number of likely N-dealkylation sites (N-methyl/N-ethyl adjacent to an activating group) is 1. The number of carboxylic acids is 1. The molecule has 0 unspecified atom stereocenters. The van der Waals surface area contributed by atoms with Crippen LogP contribution in [0.3, 0.4) is 0 Å². The average Bonchev–Trinajstić information content (AvgIpc) is 2.80. The van der Waals surface area contributed by atoms with Crippen molar-refractivity contribution in [2.45, 2.75) is 12.5 Å². The van der Waals surface area contributed by atoms with Crippen LogP contribution in [0.15, 0.2) is 34.7 Å². The second-order valence-corrected chi connectivity index (χ2v) is 5.56. The van der Waals surface area contributed by atoms with Crippen molar-refractivity contribution in [1.82, 2.24) is 9.80 Å². The van der Waals surface area contributed by atoms with Crippen LogP contribution in [0.2, 0.25) is 0 Å². The van der Waals surface area contributed by atoms with Crippen molar-refractivity contribution >= 4 is 16.9 Å². The topological polar surface area (TPSA) is 56.9 Å². The Morgan fingerprint density at radius 3 is 2.57 bits per heavy atom. The number of carbonyl (C=O) groups is 1. The molecule has 1 aromatic carbocycles. The molecule has 2 rings (SSSR count). The van der Waals surface area contributed by atoms with Crippen LogP contribution in [0.25, 0.3) is 11.0 Å². The molecule has 0 spiro atoms. The van der Waals surface area contributed by atoms with E-state index in [9.17, 15) is 9.90 Å². The molecule has 0 saturated carbocycles. The summed E-state index contributed by atoms with van der Waals surface area (Å²) in [5.74, 6) is -0.405. The number of benzene rings is 1. The highest BCUT2D eigenvalue weighted by Crippen LogP contribution is 2.27. The summed E-state index contributed by atoms with van der Waals surface area (Å²) in [5.41, 5.74) is 0.723. The minimum atomic E-state index is -0.888. The molecular weight excluding hydrogens is 268 g/mol. The molecule has 0 fully saturated rings. The van der Waals surface area contributed by atoms with Crippen LogP contribution >= 0.6 is 0 Å². The molecule has 0 amide bonds. The van der Waals surface area contributed by atoms with Gasteiger partial charge in [0.2, 0.25) is 0 Å². The third kappa shape index (κ3) is 3.83. The molecule has 0 saturated heterocycles. The second-order valence-electron chi connectivity index (χ2n) is 5.56. The summed E-state index contributed by atoms with van der Waals surface area (Å²) in [6, 6.07) is 8.64. The Hall–Kier alpha value is -1.85. The van der Waals surface area contributed by atoms with E-state index in [2.05, 4.69) is 4.90 Å². The van der Waals surface area contributed by atoms with Gasteiger partial charge in [-0.2, -0.15) is 0 Å². The van der Waals surface area contributed by atoms with Crippen LogP contribution in [-0.2, 0) is 4.79 Å². The normalized spacial score (nSPS) is 13.2. The zero-order valence-electron chi connectivity index (χ0n) is 12.7. The maximum atomic E-state index is 11.6. The summed E-state index contributed by atoms with van der Waals surface area (Å²) >= 11 is 0. The van der Waals surface area contributed by atoms with E-state index >= 15 is 0 Å². The molecule has 5 heteroatoms. The van der Waals surface area contributed by atoms with Crippen molar-refractivity contribution in [3.8, 4) is 0 Å². The summed E-state index contributed by atoms with van der Waals surface area (Å²) < 4.78 is 5.71. The molecule has 1 heterocycles. The molecule has 1 atom stereocenters. The Kier molecular flexibility index (Phi) is 4.98. The van der Waals surface area contributed by atoms with Gasteiger partial charge in [0.25, 0.3) is 0 Å². The number of rotatable bonds is 7. The Labute approximate surface area is 124 Å². The maximum absolute atomic E-state index is 11.6. The number of furan rings is 1. The standard InChI is InChI=1S/C16H22N2O3/c1-17(2)9-6-10-18(3)15(16(19)20)14-11-12-7-4-5-8-13(12)21-14/h4-5,7-8,11,15H,6,9-10H2,1-3H3,(H,19,20)/t15-/m1/s1. The lowest BCUT2D eigenvalue weighted by Crippen LogP contribution is -2.32. The maximum Gasteiger partial charge on any atom is 0.328 e. The highest BCUT2D eigenvalue weighted by Gasteiger charge is 2.28. The largest absolute Gasteiger partial charge is 0.480 e. The summed E-state index contributed by atoms with van der Waals surface area (Å²) in [6.07, 6.45) is 0.910. The highest BCUT2D eigenvalue weighted by atomic mass is 16.4. The molecule has 0 aliphatic heterocycles. The lowest BCUT2D eigenvalue weighted by atomic mass is 10.1. The summed E-state index contributed by atoms with van der Waals surface area (Å²) in [7, 11) is 5.84. The number of carboxylic acid groups (broad SMARTS) is 1. The Bertz CT molecular complexity index is 573. The lowest BCUT2D eigenvalue weighted by Gasteiger charge is -2.23. The van der Waals surface area contributed by atoms with Gasteiger partial charge in [-0.15, -0.1) is 0 Å². The molecule has 1 aromatic heterocycles. The van der Waals surface area contributed by atoms with Crippen LogP contribution in [0.1, 0.15) is 18.2 Å². The fraction of sp³-hybridized carbons (Fsp3) is 0.438. The second kappa shape index (κ2) is 6.74. The number of hydrogen-bond acceptors (Lipinski definition) is 4. The zero-order valence-corrected chi connectivity index (χ0v) is 12.7. The van der Waals surface area contributed by atoms with Crippen molar-refractivity contribution < 1.29 is 14.3 Å². The Morgan fingerprint density at radius 2 is 1.95 bits per heavy atom. The van der Waals surface area contributed by atoms with Gasteiger partial charge in [-0.25, -0.2) is 0 Å². The SMILES string of the molecule is CN(C)CCCN(C)[C@@H](C(=O)O)c1cc2ccccc2o1. The van der Waals surface area contributed by atoms with Crippen molar-refractivity contribution in [3.63, 3.8) is 0 Å². The van der Waals surface area contributed by atoms with Gasteiger partial charge >= 0.3 is 5.97 Å². The van der Waals surface area contributed by atoms with E-state index in [1.165, 1.54) is 0 Å². The highest BCUT2D eigenvalue weighted by molar-refractivity contribution is 5.81. The molecule has 21 heavy (non-hydrogen) atoms. The van der Waals surface area contributed by atoms with Crippen molar-refractivity contribution in [3.05, 3.63) is 36.1 Å². The van der Waals surface area contributed by atoms with Gasteiger partial charge < -0.3 is 14.4 Å². The minimum Gasteiger partial charge on any atom is -0.480 e. The smallest absolute Gasteiger partial charge is 0.328 e. The predicted octanol–water partition coefficient (Wildman–Crippen LogP) is 2.44. The van der Waals surface area contributed by atoms with Crippen LogP contribution < -0.4 is 0 Å². The van der Waals surface area contributed by atoms with Gasteiger partial charge in [-0.3, -0.25) is 9.69 Å². The van der Waals surface area contributed by atoms with Gasteiger partial charge in [0.15, 0.2) is 6.04 Å². The van der Waals surface area contributed by atoms with Gasteiger partial charge in [0.05, 0.1) is 0 Å². The number of para-hydroxylation sites is 1. The molecule has 0 radical (unpaired) electrons. The fourth-order valence-corrected chi connectivity index (χ4v) is 2.43. The van der Waals surface area contributed by atoms with E-state index in [1.807, 2.05) is 56.4 Å². The summed E-state index contributed by atoms with van der Waals surface area (Å²) in [6.45, 7) is 1.63. The Morgan fingerprint density at radius 1 is 1.24 bits per heavy atom. The van der Waals surface area contributed by atoms with E-state index in [1.54, 1.807) is 0 Å². The molecule has 0 bridgehead atoms. The van der Waals surface area contributed by atoms with Crippen molar-refractivity contribution in [1.29, 1.82) is 0 Å². The minimum absolute atomic E-state index is 0.482. The fourth-order valence-electron chi connectivity index (χ4n) is 2.43. The molecule has 1 N–H and O–H groups in total. The first-order chi connectivity index (χ1) is 9.99. The number of nitrogens with zero attached hydrogens (tertiary/aromatic N) is 2. The number of aliphatic carboxylic acids is 1. The van der Waals surface area contributed by atoms with Crippen LogP contribution in [0, 0.1) is 0 Å². The van der Waals surface area contributed by atoms with Gasteiger partial charge in [-0.1, -0.05) is 18.2 Å². The third-order valence-electron chi connectivity index (χ3n) is 3.50. The summed E-state index contributed by atoms with van der Waals surface area (Å²) in [5, 5.41) is 10.4. The molecule has 114 valence electrons. The molecule has 0 aliphatic rings. The lowest BCUT2D eigenvalue weighted by molar-refractivity contribution is -0.143. The van der Waals surface area contributed by atoms with Crippen LogP contribution in [-0.4, -0.2) is 55.1 Å². The quantitative estimate of drug-likeness (QED) is 0.849. The van der Waals surface area contributed by atoms with E-state index in [4.69, 9.17) is 4.42 Å². The van der Waals surface area contributed by atoms with E-state index in [-0.39, 0.29) is 0 Å². The third-order valence-corrected chi connectivity index (χ3v) is 3.50. The molecule has 5 nitrogen and oxygen atoms in total. The first kappa shape index (κ1) is 15.5. The molecular formula is C16H22N2O3. The first-order valence-electron chi connectivity index (χ1n) is 7.05. The zero-order chi connectivity index (χ0) is 15.4. The molecule has 2 aromatic rings. The van der Waals surface area contributed by atoms with Gasteiger partial charge in [0, 0.05) is 11.9 Å². The molecule has 0 aliphatic carbocycles. The average molecular weight is 290 g/mol. The van der Waals surface area contributed by atoms with E-state index < -0.39 is 12.0 Å². The van der Waals surface area contributed by atoms with Crippen LogP contribution in [0.4, 0.5) is 0 Å². The van der Waals surface area contributed by atoms with Crippen LogP contribution in [0.5, 0.6) is 0 Å². The van der Waals surface area contributed by atoms with Crippen molar-refractivity contribution in [2.75, 3.05) is 34.2 Å².